The fourth-order valence-electron chi connectivity index (χ4n) is 2.52. The van der Waals surface area contributed by atoms with Gasteiger partial charge in [-0.15, -0.1) is 0 Å². The number of aliphatic hydroxyl groups excluding tert-OH is 1. The summed E-state index contributed by atoms with van der Waals surface area (Å²) < 4.78 is 13.3. The molecule has 1 atom stereocenters. The topological polar surface area (TPSA) is 32.3 Å². The first-order chi connectivity index (χ1) is 9.70. The maximum atomic E-state index is 13.3. The summed E-state index contributed by atoms with van der Waals surface area (Å²) in [7, 11) is 0. The summed E-state index contributed by atoms with van der Waals surface area (Å²) in [4.78, 5) is 0. The summed E-state index contributed by atoms with van der Waals surface area (Å²) in [5.41, 5.74) is 1.11. The lowest BCUT2D eigenvalue weighted by atomic mass is 9.86. The number of anilines is 1. The largest absolute Gasteiger partial charge is 0.394 e. The zero-order valence-corrected chi connectivity index (χ0v) is 11.6. The zero-order valence-electron chi connectivity index (χ0n) is 11.6. The first-order valence-electron chi connectivity index (χ1n) is 6.90. The molecule has 1 unspecified atom stereocenters. The van der Waals surface area contributed by atoms with Gasteiger partial charge < -0.3 is 10.4 Å². The van der Waals surface area contributed by atoms with Gasteiger partial charge in [-0.3, -0.25) is 0 Å². The molecule has 0 spiro atoms. The minimum atomic E-state index is -0.580. The molecule has 0 aliphatic rings. The van der Waals surface area contributed by atoms with Crippen molar-refractivity contribution in [2.24, 2.45) is 0 Å². The molecule has 106 valence electrons. The predicted octanol–water partition coefficient (Wildman–Crippen LogP) is 3.93. The molecule has 2 rings (SSSR count). The van der Waals surface area contributed by atoms with E-state index in [1.807, 2.05) is 36.4 Å². The highest BCUT2D eigenvalue weighted by Crippen LogP contribution is 2.31. The molecule has 2 aromatic carbocycles. The molecule has 2 aromatic rings. The van der Waals surface area contributed by atoms with Gasteiger partial charge in [-0.05, 0) is 30.2 Å². The molecule has 0 amide bonds. The van der Waals surface area contributed by atoms with Gasteiger partial charge in [-0.2, -0.15) is 0 Å². The summed E-state index contributed by atoms with van der Waals surface area (Å²) in [5.74, 6) is -0.286. The fourth-order valence-corrected chi connectivity index (χ4v) is 2.52. The molecule has 0 bridgehead atoms. The van der Waals surface area contributed by atoms with Crippen LogP contribution in [-0.4, -0.2) is 11.7 Å². The van der Waals surface area contributed by atoms with E-state index in [0.717, 1.165) is 18.4 Å². The van der Waals surface area contributed by atoms with Crippen LogP contribution in [0.1, 0.15) is 25.3 Å². The Kier molecular flexibility index (Phi) is 4.74. The summed E-state index contributed by atoms with van der Waals surface area (Å²) in [6.07, 6.45) is 1.68. The molecule has 0 heterocycles. The molecule has 0 aromatic heterocycles. The van der Waals surface area contributed by atoms with E-state index in [-0.39, 0.29) is 12.4 Å². The average molecular weight is 273 g/mol. The molecule has 20 heavy (non-hydrogen) atoms. The normalized spacial score (nSPS) is 13.8. The number of nitrogens with one attached hydrogen (secondary N) is 1. The third-order valence-electron chi connectivity index (χ3n) is 3.48. The molecule has 0 saturated heterocycles. The Bertz CT molecular complexity index is 544. The monoisotopic (exact) mass is 273 g/mol. The van der Waals surface area contributed by atoms with E-state index in [2.05, 4.69) is 12.2 Å². The highest BCUT2D eigenvalue weighted by atomic mass is 19.1. The number of hydrogen-bond donors (Lipinski definition) is 2. The molecule has 0 aliphatic heterocycles. The molecule has 0 saturated carbocycles. The molecule has 3 heteroatoms. The standard InChI is InChI=1S/C17H20FNO/c1-2-11-17(13-20,14-7-4-3-5-8-14)19-16-10-6-9-15(18)12-16/h3-10,12,19-20H,2,11,13H2,1H3. The van der Waals surface area contributed by atoms with E-state index in [9.17, 15) is 9.50 Å². The molecule has 0 aliphatic carbocycles. The van der Waals surface area contributed by atoms with E-state index in [0.29, 0.717) is 5.69 Å². The predicted molar refractivity (Wildman–Crippen MR) is 80.1 cm³/mol. The van der Waals surface area contributed by atoms with Crippen molar-refractivity contribution in [1.29, 1.82) is 0 Å². The smallest absolute Gasteiger partial charge is 0.125 e. The zero-order chi connectivity index (χ0) is 14.4. The maximum absolute atomic E-state index is 13.3. The average Bonchev–Trinajstić information content (AvgIpc) is 2.48. The Balaban J connectivity index is 2.37. The van der Waals surface area contributed by atoms with Crippen molar-refractivity contribution in [2.75, 3.05) is 11.9 Å². The molecule has 2 N–H and O–H groups in total. The Hall–Kier alpha value is -1.87. The number of benzene rings is 2. The highest BCUT2D eigenvalue weighted by molar-refractivity contribution is 5.48. The van der Waals surface area contributed by atoms with Crippen LogP contribution in [0.5, 0.6) is 0 Å². The van der Waals surface area contributed by atoms with E-state index in [4.69, 9.17) is 0 Å². The van der Waals surface area contributed by atoms with Crippen LogP contribution in [0.15, 0.2) is 54.6 Å². The van der Waals surface area contributed by atoms with Crippen LogP contribution < -0.4 is 5.32 Å². The third-order valence-corrected chi connectivity index (χ3v) is 3.48. The Morgan fingerprint density at radius 2 is 1.85 bits per heavy atom. The minimum absolute atomic E-state index is 0.0403. The van der Waals surface area contributed by atoms with Crippen LogP contribution in [0.4, 0.5) is 10.1 Å². The lowest BCUT2D eigenvalue weighted by molar-refractivity contribution is 0.202. The highest BCUT2D eigenvalue weighted by Gasteiger charge is 2.30. The summed E-state index contributed by atoms with van der Waals surface area (Å²) in [6.45, 7) is 2.03. The molecular weight excluding hydrogens is 253 g/mol. The molecule has 0 fully saturated rings. The van der Waals surface area contributed by atoms with Gasteiger partial charge in [0.25, 0.3) is 0 Å². The Labute approximate surface area is 119 Å². The van der Waals surface area contributed by atoms with Crippen molar-refractivity contribution in [3.63, 3.8) is 0 Å². The molecule has 2 nitrogen and oxygen atoms in total. The van der Waals surface area contributed by atoms with E-state index < -0.39 is 5.54 Å². The van der Waals surface area contributed by atoms with Crippen LogP contribution in [0, 0.1) is 5.82 Å². The number of rotatable bonds is 6. The SMILES string of the molecule is CCCC(CO)(Nc1cccc(F)c1)c1ccccc1. The van der Waals surface area contributed by atoms with Gasteiger partial charge in [0.2, 0.25) is 0 Å². The van der Waals surface area contributed by atoms with Gasteiger partial charge in [0.1, 0.15) is 5.82 Å². The second-order valence-corrected chi connectivity index (χ2v) is 4.99. The van der Waals surface area contributed by atoms with Crippen LogP contribution in [0.25, 0.3) is 0 Å². The lowest BCUT2D eigenvalue weighted by Crippen LogP contribution is -2.39. The fraction of sp³-hybridized carbons (Fsp3) is 0.294. The first-order valence-corrected chi connectivity index (χ1v) is 6.90. The van der Waals surface area contributed by atoms with Gasteiger partial charge in [0.15, 0.2) is 0 Å². The van der Waals surface area contributed by atoms with Crippen LogP contribution in [0.3, 0.4) is 0 Å². The van der Waals surface area contributed by atoms with Crippen LogP contribution in [-0.2, 0) is 5.54 Å². The van der Waals surface area contributed by atoms with Crippen molar-refractivity contribution >= 4 is 5.69 Å². The second-order valence-electron chi connectivity index (χ2n) is 4.99. The number of hydrogen-bond acceptors (Lipinski definition) is 2. The van der Waals surface area contributed by atoms with Gasteiger partial charge in [0, 0.05) is 5.69 Å². The van der Waals surface area contributed by atoms with Crippen LogP contribution in [0.2, 0.25) is 0 Å². The molecular formula is C17H20FNO. The lowest BCUT2D eigenvalue weighted by Gasteiger charge is -2.34. The van der Waals surface area contributed by atoms with Gasteiger partial charge in [0.05, 0.1) is 12.1 Å². The van der Waals surface area contributed by atoms with Crippen molar-refractivity contribution in [3.8, 4) is 0 Å². The van der Waals surface area contributed by atoms with E-state index >= 15 is 0 Å². The Morgan fingerprint density at radius 3 is 2.45 bits per heavy atom. The number of aliphatic hydroxyl groups is 1. The van der Waals surface area contributed by atoms with Crippen molar-refractivity contribution in [1.82, 2.24) is 0 Å². The van der Waals surface area contributed by atoms with Gasteiger partial charge in [-0.1, -0.05) is 49.7 Å². The van der Waals surface area contributed by atoms with Crippen molar-refractivity contribution in [3.05, 3.63) is 66.0 Å². The van der Waals surface area contributed by atoms with Crippen LogP contribution >= 0.6 is 0 Å². The second kappa shape index (κ2) is 6.53. The Morgan fingerprint density at radius 1 is 1.10 bits per heavy atom. The van der Waals surface area contributed by atoms with E-state index in [1.165, 1.54) is 12.1 Å². The maximum Gasteiger partial charge on any atom is 0.125 e. The number of halogens is 1. The first kappa shape index (κ1) is 14.5. The van der Waals surface area contributed by atoms with Gasteiger partial charge in [-0.25, -0.2) is 4.39 Å². The van der Waals surface area contributed by atoms with Crippen molar-refractivity contribution < 1.29 is 9.50 Å². The summed E-state index contributed by atoms with van der Waals surface area (Å²) in [6, 6.07) is 16.1. The van der Waals surface area contributed by atoms with Gasteiger partial charge >= 0.3 is 0 Å². The summed E-state index contributed by atoms with van der Waals surface area (Å²) in [5, 5.41) is 13.2. The summed E-state index contributed by atoms with van der Waals surface area (Å²) >= 11 is 0. The van der Waals surface area contributed by atoms with Crippen molar-refractivity contribution in [2.45, 2.75) is 25.3 Å². The minimum Gasteiger partial charge on any atom is -0.394 e. The quantitative estimate of drug-likeness (QED) is 0.836. The molecule has 0 radical (unpaired) electrons. The van der Waals surface area contributed by atoms with E-state index in [1.54, 1.807) is 6.07 Å². The third kappa shape index (κ3) is 3.17.